The van der Waals surface area contributed by atoms with Crippen LogP contribution in [0.4, 0.5) is 0 Å². The van der Waals surface area contributed by atoms with Crippen molar-refractivity contribution in [2.24, 2.45) is 10.7 Å². The van der Waals surface area contributed by atoms with Gasteiger partial charge in [0.25, 0.3) is 0 Å². The van der Waals surface area contributed by atoms with E-state index >= 15 is 0 Å². The van der Waals surface area contributed by atoms with E-state index in [2.05, 4.69) is 11.6 Å². The fourth-order valence-electron chi connectivity index (χ4n) is 0.691. The monoisotopic (exact) mass is 166 g/mol. The Bertz CT molecular complexity index is 217. The molecule has 3 nitrogen and oxygen atoms in total. The van der Waals surface area contributed by atoms with Crippen LogP contribution in [0.2, 0.25) is 0 Å². The molecule has 66 valence electrons. The molecule has 0 aromatic rings. The van der Waals surface area contributed by atoms with E-state index < -0.39 is 0 Å². The van der Waals surface area contributed by atoms with Gasteiger partial charge in [0, 0.05) is 19.7 Å². The van der Waals surface area contributed by atoms with Crippen LogP contribution in [0.15, 0.2) is 29.3 Å². The Morgan fingerprint density at radius 3 is 2.67 bits per heavy atom. The normalized spacial score (nSPS) is 11.9. The van der Waals surface area contributed by atoms with Crippen LogP contribution in [0.3, 0.4) is 0 Å². The SMILES string of the molecule is C=C/C(=C\C=NC)CCC(N)=O. The standard InChI is InChI=1S/C9H14N2O/c1-3-8(6-7-11-2)4-5-9(10)12/h3,6-7H,1,4-5H2,2H3,(H2,10,12)/b8-6+,11-7?. The molecule has 0 bridgehead atoms. The summed E-state index contributed by atoms with van der Waals surface area (Å²) >= 11 is 0. The highest BCUT2D eigenvalue weighted by Crippen LogP contribution is 2.04. The predicted molar refractivity (Wildman–Crippen MR) is 51.1 cm³/mol. The third-order valence-electron chi connectivity index (χ3n) is 1.36. The summed E-state index contributed by atoms with van der Waals surface area (Å²) in [6.45, 7) is 3.61. The Morgan fingerprint density at radius 2 is 2.25 bits per heavy atom. The van der Waals surface area contributed by atoms with Crippen molar-refractivity contribution in [2.45, 2.75) is 12.8 Å². The van der Waals surface area contributed by atoms with Gasteiger partial charge in [0.1, 0.15) is 0 Å². The number of amides is 1. The number of primary amides is 1. The van der Waals surface area contributed by atoms with Crippen LogP contribution in [-0.4, -0.2) is 19.2 Å². The summed E-state index contributed by atoms with van der Waals surface area (Å²) in [5, 5.41) is 0. The van der Waals surface area contributed by atoms with E-state index in [1.54, 1.807) is 19.3 Å². The zero-order valence-electron chi connectivity index (χ0n) is 7.29. The Morgan fingerprint density at radius 1 is 1.58 bits per heavy atom. The number of hydrogen-bond donors (Lipinski definition) is 1. The zero-order chi connectivity index (χ0) is 9.40. The summed E-state index contributed by atoms with van der Waals surface area (Å²) in [7, 11) is 1.69. The summed E-state index contributed by atoms with van der Waals surface area (Å²) < 4.78 is 0. The van der Waals surface area contributed by atoms with Gasteiger partial charge in [-0.25, -0.2) is 0 Å². The molecular weight excluding hydrogens is 152 g/mol. The van der Waals surface area contributed by atoms with Crippen molar-refractivity contribution in [2.75, 3.05) is 7.05 Å². The van der Waals surface area contributed by atoms with Crippen LogP contribution >= 0.6 is 0 Å². The molecule has 0 fully saturated rings. The Hall–Kier alpha value is -1.38. The van der Waals surface area contributed by atoms with E-state index in [0.717, 1.165) is 5.57 Å². The minimum Gasteiger partial charge on any atom is -0.370 e. The lowest BCUT2D eigenvalue weighted by Gasteiger charge is -1.96. The molecule has 0 spiro atoms. The molecule has 12 heavy (non-hydrogen) atoms. The van der Waals surface area contributed by atoms with E-state index in [1.807, 2.05) is 6.08 Å². The molecule has 0 rings (SSSR count). The number of allylic oxidation sites excluding steroid dienone is 3. The summed E-state index contributed by atoms with van der Waals surface area (Å²) in [6, 6.07) is 0. The van der Waals surface area contributed by atoms with Gasteiger partial charge in [0.2, 0.25) is 5.91 Å². The van der Waals surface area contributed by atoms with E-state index in [9.17, 15) is 4.79 Å². The average Bonchev–Trinajstić information content (AvgIpc) is 2.05. The van der Waals surface area contributed by atoms with Gasteiger partial charge >= 0.3 is 0 Å². The number of nitrogens with zero attached hydrogens (tertiary/aromatic N) is 1. The van der Waals surface area contributed by atoms with Crippen molar-refractivity contribution in [3.63, 3.8) is 0 Å². The number of nitrogens with two attached hydrogens (primary N) is 1. The van der Waals surface area contributed by atoms with Gasteiger partial charge in [-0.1, -0.05) is 12.7 Å². The molecule has 0 aliphatic heterocycles. The van der Waals surface area contributed by atoms with E-state index in [1.165, 1.54) is 0 Å². The quantitative estimate of drug-likeness (QED) is 0.482. The maximum Gasteiger partial charge on any atom is 0.217 e. The van der Waals surface area contributed by atoms with Gasteiger partial charge in [-0.05, 0) is 18.1 Å². The molecular formula is C9H14N2O. The molecule has 2 N–H and O–H groups in total. The average molecular weight is 166 g/mol. The topological polar surface area (TPSA) is 55.4 Å². The van der Waals surface area contributed by atoms with Gasteiger partial charge < -0.3 is 5.73 Å². The second kappa shape index (κ2) is 6.34. The van der Waals surface area contributed by atoms with Crippen molar-refractivity contribution in [1.82, 2.24) is 0 Å². The molecule has 1 amide bonds. The van der Waals surface area contributed by atoms with E-state index in [-0.39, 0.29) is 5.91 Å². The highest BCUT2D eigenvalue weighted by molar-refractivity contribution is 5.75. The van der Waals surface area contributed by atoms with Crippen molar-refractivity contribution in [3.05, 3.63) is 24.3 Å². The maximum absolute atomic E-state index is 10.4. The summed E-state index contributed by atoms with van der Waals surface area (Å²) in [5.41, 5.74) is 5.96. The second-order valence-electron chi connectivity index (χ2n) is 2.32. The largest absolute Gasteiger partial charge is 0.370 e. The molecule has 0 aromatic heterocycles. The van der Waals surface area contributed by atoms with E-state index in [4.69, 9.17) is 5.73 Å². The fraction of sp³-hybridized carbons (Fsp3) is 0.333. The van der Waals surface area contributed by atoms with Crippen molar-refractivity contribution in [3.8, 4) is 0 Å². The molecule has 0 saturated carbocycles. The van der Waals surface area contributed by atoms with Crippen LogP contribution in [0.25, 0.3) is 0 Å². The first-order chi connectivity index (χ1) is 5.70. The summed E-state index contributed by atoms with van der Waals surface area (Å²) in [6.07, 6.45) is 6.17. The smallest absolute Gasteiger partial charge is 0.217 e. The highest BCUT2D eigenvalue weighted by Gasteiger charge is 1.95. The summed E-state index contributed by atoms with van der Waals surface area (Å²) in [5.74, 6) is -0.295. The molecule has 0 aliphatic rings. The van der Waals surface area contributed by atoms with Crippen molar-refractivity contribution >= 4 is 12.1 Å². The lowest BCUT2D eigenvalue weighted by Crippen LogP contribution is -2.09. The molecule has 0 unspecified atom stereocenters. The van der Waals surface area contributed by atoms with E-state index in [0.29, 0.717) is 12.8 Å². The third kappa shape index (κ3) is 5.41. The first-order valence-corrected chi connectivity index (χ1v) is 3.72. The first kappa shape index (κ1) is 10.6. The predicted octanol–water partition coefficient (Wildman–Crippen LogP) is 1.06. The van der Waals surface area contributed by atoms with Gasteiger partial charge in [0.05, 0.1) is 0 Å². The van der Waals surface area contributed by atoms with Gasteiger partial charge in [-0.3, -0.25) is 9.79 Å². The van der Waals surface area contributed by atoms with Crippen molar-refractivity contribution < 1.29 is 4.79 Å². The fourth-order valence-corrected chi connectivity index (χ4v) is 0.691. The minimum absolute atomic E-state index is 0.295. The van der Waals surface area contributed by atoms with Crippen LogP contribution < -0.4 is 5.73 Å². The van der Waals surface area contributed by atoms with Crippen molar-refractivity contribution in [1.29, 1.82) is 0 Å². The molecule has 0 aromatic carbocycles. The molecule has 0 heterocycles. The second-order valence-corrected chi connectivity index (χ2v) is 2.32. The lowest BCUT2D eigenvalue weighted by molar-refractivity contribution is -0.117. The van der Waals surface area contributed by atoms with Gasteiger partial charge in [-0.15, -0.1) is 0 Å². The molecule has 0 saturated heterocycles. The van der Waals surface area contributed by atoms with Crippen LogP contribution in [0.1, 0.15) is 12.8 Å². The molecule has 0 atom stereocenters. The lowest BCUT2D eigenvalue weighted by atomic mass is 10.1. The first-order valence-electron chi connectivity index (χ1n) is 3.72. The zero-order valence-corrected chi connectivity index (χ0v) is 7.29. The third-order valence-corrected chi connectivity index (χ3v) is 1.36. The molecule has 0 aliphatic carbocycles. The van der Waals surface area contributed by atoms with Crippen LogP contribution in [0.5, 0.6) is 0 Å². The van der Waals surface area contributed by atoms with Gasteiger partial charge in [0.15, 0.2) is 0 Å². The van der Waals surface area contributed by atoms with Crippen LogP contribution in [-0.2, 0) is 4.79 Å². The van der Waals surface area contributed by atoms with Crippen LogP contribution in [0, 0.1) is 0 Å². The Balaban J connectivity index is 3.99. The number of carbonyl (C=O) groups excluding carboxylic acids is 1. The number of carbonyl (C=O) groups is 1. The number of aliphatic imine (C=N–C) groups is 1. The molecule has 3 heteroatoms. The number of hydrogen-bond acceptors (Lipinski definition) is 2. The maximum atomic E-state index is 10.4. The summed E-state index contributed by atoms with van der Waals surface area (Å²) in [4.78, 5) is 14.2. The highest BCUT2D eigenvalue weighted by atomic mass is 16.1. The number of rotatable bonds is 5. The molecule has 0 radical (unpaired) electrons. The minimum atomic E-state index is -0.295. The Labute approximate surface area is 72.7 Å². The Kier molecular flexibility index (Phi) is 5.61. The van der Waals surface area contributed by atoms with Gasteiger partial charge in [-0.2, -0.15) is 0 Å².